The number of rotatable bonds is 3. The SMILES string of the molecule is CCOC(=O)C1(OC)C=CC=CC1. The summed E-state index contributed by atoms with van der Waals surface area (Å²) in [6, 6.07) is 0. The van der Waals surface area contributed by atoms with Gasteiger partial charge in [0.15, 0.2) is 5.60 Å². The van der Waals surface area contributed by atoms with E-state index in [2.05, 4.69) is 0 Å². The number of allylic oxidation sites excluding steroid dienone is 2. The first-order valence-electron chi connectivity index (χ1n) is 4.32. The third kappa shape index (κ3) is 1.98. The van der Waals surface area contributed by atoms with Crippen molar-refractivity contribution in [3.63, 3.8) is 0 Å². The highest BCUT2D eigenvalue weighted by atomic mass is 16.6. The lowest BCUT2D eigenvalue weighted by Gasteiger charge is -2.26. The Balaban J connectivity index is 2.75. The van der Waals surface area contributed by atoms with Crippen LogP contribution in [0.25, 0.3) is 0 Å². The van der Waals surface area contributed by atoms with Crippen LogP contribution in [0.3, 0.4) is 0 Å². The third-order valence-corrected chi connectivity index (χ3v) is 2.02. The summed E-state index contributed by atoms with van der Waals surface area (Å²) in [5.74, 6) is -0.321. The van der Waals surface area contributed by atoms with Gasteiger partial charge >= 0.3 is 5.97 Å². The second-order valence-electron chi connectivity index (χ2n) is 2.81. The molecular formula is C10H14O3. The van der Waals surface area contributed by atoms with Gasteiger partial charge in [0.25, 0.3) is 0 Å². The summed E-state index contributed by atoms with van der Waals surface area (Å²) in [6.07, 6.45) is 7.84. The topological polar surface area (TPSA) is 35.5 Å². The summed E-state index contributed by atoms with van der Waals surface area (Å²) >= 11 is 0. The highest BCUT2D eigenvalue weighted by Crippen LogP contribution is 2.23. The Hall–Kier alpha value is -1.09. The van der Waals surface area contributed by atoms with Crippen LogP contribution in [0.1, 0.15) is 13.3 Å². The Morgan fingerprint density at radius 2 is 2.31 bits per heavy atom. The predicted molar refractivity (Wildman–Crippen MR) is 49.3 cm³/mol. The molecule has 0 aromatic carbocycles. The van der Waals surface area contributed by atoms with Crippen LogP contribution in [0.2, 0.25) is 0 Å². The molecule has 72 valence electrons. The summed E-state index contributed by atoms with van der Waals surface area (Å²) in [7, 11) is 1.51. The minimum Gasteiger partial charge on any atom is -0.464 e. The molecule has 3 nitrogen and oxygen atoms in total. The number of carbonyl (C=O) groups is 1. The number of esters is 1. The summed E-state index contributed by atoms with van der Waals surface area (Å²) in [5, 5.41) is 0. The molecule has 0 radical (unpaired) electrons. The molecular weight excluding hydrogens is 168 g/mol. The van der Waals surface area contributed by atoms with Gasteiger partial charge < -0.3 is 9.47 Å². The van der Waals surface area contributed by atoms with Crippen molar-refractivity contribution in [3.05, 3.63) is 24.3 Å². The molecule has 1 aliphatic rings. The van der Waals surface area contributed by atoms with Crippen molar-refractivity contribution >= 4 is 5.97 Å². The van der Waals surface area contributed by atoms with Crippen molar-refractivity contribution in [2.75, 3.05) is 13.7 Å². The predicted octanol–water partition coefficient (Wildman–Crippen LogP) is 1.45. The maximum atomic E-state index is 11.5. The molecule has 0 saturated heterocycles. The standard InChI is InChI=1S/C10H14O3/c1-3-13-9(11)10(12-2)7-5-4-6-8-10/h4-7H,3,8H2,1-2H3. The molecule has 0 aromatic rings. The molecule has 0 spiro atoms. The summed E-state index contributed by atoms with van der Waals surface area (Å²) in [5.41, 5.74) is -0.898. The van der Waals surface area contributed by atoms with Crippen molar-refractivity contribution in [2.24, 2.45) is 0 Å². The minimum atomic E-state index is -0.898. The van der Waals surface area contributed by atoms with Crippen LogP contribution in [-0.4, -0.2) is 25.3 Å². The maximum Gasteiger partial charge on any atom is 0.342 e. The molecule has 0 saturated carbocycles. The number of hydrogen-bond acceptors (Lipinski definition) is 3. The van der Waals surface area contributed by atoms with Crippen LogP contribution < -0.4 is 0 Å². The molecule has 0 N–H and O–H groups in total. The van der Waals surface area contributed by atoms with Crippen LogP contribution in [0.4, 0.5) is 0 Å². The Labute approximate surface area is 78.0 Å². The van der Waals surface area contributed by atoms with E-state index in [0.29, 0.717) is 13.0 Å². The van der Waals surface area contributed by atoms with Crippen LogP contribution in [-0.2, 0) is 14.3 Å². The highest BCUT2D eigenvalue weighted by molar-refractivity contribution is 5.82. The smallest absolute Gasteiger partial charge is 0.342 e. The van der Waals surface area contributed by atoms with E-state index in [1.165, 1.54) is 7.11 Å². The fourth-order valence-electron chi connectivity index (χ4n) is 1.24. The van der Waals surface area contributed by atoms with Gasteiger partial charge in [-0.3, -0.25) is 0 Å². The van der Waals surface area contributed by atoms with E-state index in [4.69, 9.17) is 9.47 Å². The zero-order valence-corrected chi connectivity index (χ0v) is 7.95. The van der Waals surface area contributed by atoms with Gasteiger partial charge in [-0.2, -0.15) is 0 Å². The largest absolute Gasteiger partial charge is 0.464 e. The van der Waals surface area contributed by atoms with Crippen LogP contribution >= 0.6 is 0 Å². The second-order valence-corrected chi connectivity index (χ2v) is 2.81. The average molecular weight is 182 g/mol. The lowest BCUT2D eigenvalue weighted by atomic mass is 9.95. The quantitative estimate of drug-likeness (QED) is 0.620. The van der Waals surface area contributed by atoms with E-state index in [1.807, 2.05) is 12.2 Å². The normalized spacial score (nSPS) is 26.0. The Morgan fingerprint density at radius 1 is 1.54 bits per heavy atom. The molecule has 0 bridgehead atoms. The van der Waals surface area contributed by atoms with Gasteiger partial charge in [-0.15, -0.1) is 0 Å². The summed E-state index contributed by atoms with van der Waals surface area (Å²) in [6.45, 7) is 2.16. The fraction of sp³-hybridized carbons (Fsp3) is 0.500. The first kappa shape index (κ1) is 9.99. The van der Waals surface area contributed by atoms with Crippen molar-refractivity contribution in [1.82, 2.24) is 0 Å². The molecule has 13 heavy (non-hydrogen) atoms. The summed E-state index contributed by atoms with van der Waals surface area (Å²) in [4.78, 5) is 11.5. The molecule has 3 heteroatoms. The molecule has 0 heterocycles. The van der Waals surface area contributed by atoms with Gasteiger partial charge in [0.05, 0.1) is 6.61 Å². The molecule has 1 rings (SSSR count). The molecule has 0 amide bonds. The van der Waals surface area contributed by atoms with Gasteiger partial charge in [-0.25, -0.2) is 4.79 Å². The number of ether oxygens (including phenoxy) is 2. The van der Waals surface area contributed by atoms with Gasteiger partial charge in [-0.05, 0) is 13.0 Å². The van der Waals surface area contributed by atoms with E-state index in [9.17, 15) is 4.79 Å². The Bertz CT molecular complexity index is 243. The Kier molecular flexibility index (Phi) is 3.25. The van der Waals surface area contributed by atoms with E-state index >= 15 is 0 Å². The van der Waals surface area contributed by atoms with Crippen LogP contribution in [0.15, 0.2) is 24.3 Å². The van der Waals surface area contributed by atoms with Crippen LogP contribution in [0, 0.1) is 0 Å². The van der Waals surface area contributed by atoms with Crippen molar-refractivity contribution in [1.29, 1.82) is 0 Å². The van der Waals surface area contributed by atoms with E-state index in [-0.39, 0.29) is 5.97 Å². The van der Waals surface area contributed by atoms with Crippen molar-refractivity contribution < 1.29 is 14.3 Å². The molecule has 0 fully saturated rings. The molecule has 0 aromatic heterocycles. The van der Waals surface area contributed by atoms with Gasteiger partial charge in [0.2, 0.25) is 0 Å². The van der Waals surface area contributed by atoms with E-state index in [1.54, 1.807) is 19.1 Å². The summed E-state index contributed by atoms with van der Waals surface area (Å²) < 4.78 is 10.1. The van der Waals surface area contributed by atoms with Crippen molar-refractivity contribution in [3.8, 4) is 0 Å². The number of methoxy groups -OCH3 is 1. The average Bonchev–Trinajstić information content (AvgIpc) is 2.19. The van der Waals surface area contributed by atoms with Gasteiger partial charge in [-0.1, -0.05) is 18.2 Å². The Morgan fingerprint density at radius 3 is 2.77 bits per heavy atom. The monoisotopic (exact) mass is 182 g/mol. The van der Waals surface area contributed by atoms with Gasteiger partial charge in [0.1, 0.15) is 0 Å². The van der Waals surface area contributed by atoms with E-state index in [0.717, 1.165) is 0 Å². The highest BCUT2D eigenvalue weighted by Gasteiger charge is 2.37. The lowest BCUT2D eigenvalue weighted by Crippen LogP contribution is -2.40. The molecule has 1 atom stereocenters. The fourth-order valence-corrected chi connectivity index (χ4v) is 1.24. The minimum absolute atomic E-state index is 0.321. The molecule has 0 aliphatic heterocycles. The zero-order chi connectivity index (χ0) is 9.73. The molecule has 1 aliphatic carbocycles. The first-order chi connectivity index (χ1) is 6.25. The van der Waals surface area contributed by atoms with Crippen LogP contribution in [0.5, 0.6) is 0 Å². The molecule has 1 unspecified atom stereocenters. The number of hydrogen-bond donors (Lipinski definition) is 0. The van der Waals surface area contributed by atoms with Gasteiger partial charge in [0, 0.05) is 13.5 Å². The maximum absolute atomic E-state index is 11.5. The third-order valence-electron chi connectivity index (χ3n) is 2.02. The number of carbonyl (C=O) groups excluding carboxylic acids is 1. The zero-order valence-electron chi connectivity index (χ0n) is 7.95. The lowest BCUT2D eigenvalue weighted by molar-refractivity contribution is -0.162. The van der Waals surface area contributed by atoms with Crippen molar-refractivity contribution in [2.45, 2.75) is 18.9 Å². The van der Waals surface area contributed by atoms with E-state index < -0.39 is 5.60 Å². The first-order valence-corrected chi connectivity index (χ1v) is 4.32. The second kappa shape index (κ2) is 4.23.